The second kappa shape index (κ2) is 8.96. The number of para-hydroxylation sites is 1. The molecule has 1 saturated heterocycles. The second-order valence-corrected chi connectivity index (χ2v) is 7.84. The summed E-state index contributed by atoms with van der Waals surface area (Å²) in [6, 6.07) is 13.5. The molecule has 0 aromatic heterocycles. The van der Waals surface area contributed by atoms with E-state index >= 15 is 0 Å². The number of hydrogen-bond acceptors (Lipinski definition) is 3. The lowest BCUT2D eigenvalue weighted by Gasteiger charge is -2.35. The average Bonchev–Trinajstić information content (AvgIpc) is 2.68. The Kier molecular flexibility index (Phi) is 6.64. The van der Waals surface area contributed by atoms with E-state index in [0.29, 0.717) is 22.2 Å². The van der Waals surface area contributed by atoms with Gasteiger partial charge in [0.15, 0.2) is 0 Å². The summed E-state index contributed by atoms with van der Waals surface area (Å²) in [6.07, 6.45) is 0.812. The molecule has 1 aliphatic rings. The lowest BCUT2D eigenvalue weighted by molar-refractivity contribution is 0.0796. The minimum absolute atomic E-state index is 0.0503. The summed E-state index contributed by atoms with van der Waals surface area (Å²) in [6.45, 7) is 4.86. The molecule has 1 amide bonds. The number of carbonyl (C=O) groups excluding carboxylic acids is 1. The van der Waals surface area contributed by atoms with Gasteiger partial charge in [0.25, 0.3) is 5.91 Å². The molecule has 0 aliphatic carbocycles. The van der Waals surface area contributed by atoms with Crippen LogP contribution in [0.1, 0.15) is 15.9 Å². The fourth-order valence-electron chi connectivity index (χ4n) is 3.32. The van der Waals surface area contributed by atoms with Crippen molar-refractivity contribution >= 4 is 34.8 Å². The molecule has 1 fully saturated rings. The van der Waals surface area contributed by atoms with Gasteiger partial charge in [0.05, 0.1) is 10.0 Å². The van der Waals surface area contributed by atoms with Crippen LogP contribution in [0.15, 0.2) is 42.5 Å². The number of halogens is 2. The molecule has 4 nitrogen and oxygen atoms in total. The fourth-order valence-corrected chi connectivity index (χ4v) is 3.62. The molecule has 0 unspecified atom stereocenters. The van der Waals surface area contributed by atoms with Gasteiger partial charge in [0.1, 0.15) is 0 Å². The van der Waals surface area contributed by atoms with E-state index in [2.05, 4.69) is 41.1 Å². The molecule has 2 aromatic carbocycles. The van der Waals surface area contributed by atoms with E-state index in [1.807, 2.05) is 7.05 Å². The van der Waals surface area contributed by atoms with E-state index in [4.69, 9.17) is 23.2 Å². The van der Waals surface area contributed by atoms with Gasteiger partial charge in [-0.05, 0) is 43.3 Å². The van der Waals surface area contributed by atoms with Crippen molar-refractivity contribution in [3.05, 3.63) is 63.6 Å². The summed E-state index contributed by atoms with van der Waals surface area (Å²) in [5.41, 5.74) is 3.11. The van der Waals surface area contributed by atoms with E-state index in [9.17, 15) is 4.79 Å². The quantitative estimate of drug-likeness (QED) is 0.750. The highest BCUT2D eigenvalue weighted by molar-refractivity contribution is 6.42. The third kappa shape index (κ3) is 4.95. The Bertz CT molecular complexity index is 804. The Balaban J connectivity index is 1.66. The number of likely N-dealkylation sites (N-methyl/N-ethyl adjacent to an activating group) is 2. The number of nitrogens with zero attached hydrogens (tertiary/aromatic N) is 3. The maximum absolute atomic E-state index is 12.7. The van der Waals surface area contributed by atoms with Crippen molar-refractivity contribution < 1.29 is 4.79 Å². The Labute approximate surface area is 171 Å². The number of anilines is 1. The predicted molar refractivity (Wildman–Crippen MR) is 113 cm³/mol. The van der Waals surface area contributed by atoms with Crippen LogP contribution in [0.2, 0.25) is 10.0 Å². The van der Waals surface area contributed by atoms with Crippen LogP contribution in [-0.2, 0) is 6.42 Å². The van der Waals surface area contributed by atoms with Gasteiger partial charge in [0, 0.05) is 51.0 Å². The highest BCUT2D eigenvalue weighted by atomic mass is 35.5. The van der Waals surface area contributed by atoms with Crippen molar-refractivity contribution in [1.29, 1.82) is 0 Å². The van der Waals surface area contributed by atoms with Gasteiger partial charge in [-0.25, -0.2) is 0 Å². The molecule has 0 atom stereocenters. The fraction of sp³-hybridized carbons (Fsp3) is 0.381. The van der Waals surface area contributed by atoms with Gasteiger partial charge in [-0.15, -0.1) is 0 Å². The van der Waals surface area contributed by atoms with Crippen molar-refractivity contribution in [2.45, 2.75) is 6.42 Å². The van der Waals surface area contributed by atoms with Crippen LogP contribution in [0.5, 0.6) is 0 Å². The molecule has 0 bridgehead atoms. The maximum atomic E-state index is 12.7. The minimum Gasteiger partial charge on any atom is -0.369 e. The topological polar surface area (TPSA) is 26.8 Å². The summed E-state index contributed by atoms with van der Waals surface area (Å²) in [5, 5.41) is 0.855. The third-order valence-electron chi connectivity index (χ3n) is 5.07. The van der Waals surface area contributed by atoms with Gasteiger partial charge in [-0.2, -0.15) is 0 Å². The standard InChI is InChI=1S/C21H25Cl2N3O/c1-24-11-13-26(14-12-24)20-6-4-3-5-16(20)9-10-25(2)21(27)17-7-8-18(22)19(23)15-17/h3-8,15H,9-14H2,1-2H3. The molecular weight excluding hydrogens is 381 g/mol. The average molecular weight is 406 g/mol. The number of amides is 1. The largest absolute Gasteiger partial charge is 0.369 e. The summed E-state index contributed by atoms with van der Waals surface area (Å²) < 4.78 is 0. The first-order valence-electron chi connectivity index (χ1n) is 9.17. The molecule has 1 aliphatic heterocycles. The van der Waals surface area contributed by atoms with Crippen molar-refractivity contribution in [3.8, 4) is 0 Å². The van der Waals surface area contributed by atoms with Crippen LogP contribution < -0.4 is 4.90 Å². The number of benzene rings is 2. The van der Waals surface area contributed by atoms with Crippen LogP contribution in [-0.4, -0.2) is 62.5 Å². The molecule has 0 spiro atoms. The van der Waals surface area contributed by atoms with Crippen LogP contribution in [0.4, 0.5) is 5.69 Å². The summed E-state index contributed by atoms with van der Waals surface area (Å²) >= 11 is 12.0. The maximum Gasteiger partial charge on any atom is 0.253 e. The van der Waals surface area contributed by atoms with Crippen molar-refractivity contribution in [2.24, 2.45) is 0 Å². The molecule has 2 aromatic rings. The summed E-state index contributed by atoms with van der Waals surface area (Å²) in [4.78, 5) is 19.2. The normalized spacial score (nSPS) is 15.0. The molecule has 1 heterocycles. The third-order valence-corrected chi connectivity index (χ3v) is 5.80. The summed E-state index contributed by atoms with van der Waals surface area (Å²) in [5.74, 6) is -0.0503. The molecule has 0 radical (unpaired) electrons. The first kappa shape index (κ1) is 20.0. The number of rotatable bonds is 5. The summed E-state index contributed by atoms with van der Waals surface area (Å²) in [7, 11) is 3.98. The van der Waals surface area contributed by atoms with Gasteiger partial charge >= 0.3 is 0 Å². The molecule has 6 heteroatoms. The predicted octanol–water partition coefficient (Wildman–Crippen LogP) is 4.06. The Morgan fingerprint density at radius 2 is 1.74 bits per heavy atom. The van der Waals surface area contributed by atoms with Crippen molar-refractivity contribution in [3.63, 3.8) is 0 Å². The Morgan fingerprint density at radius 1 is 1.04 bits per heavy atom. The monoisotopic (exact) mass is 405 g/mol. The van der Waals surface area contributed by atoms with Gasteiger partial charge in [-0.1, -0.05) is 41.4 Å². The van der Waals surface area contributed by atoms with E-state index in [1.165, 1.54) is 11.3 Å². The van der Waals surface area contributed by atoms with E-state index < -0.39 is 0 Å². The number of hydrogen-bond donors (Lipinski definition) is 0. The Hall–Kier alpha value is -1.75. The first-order valence-corrected chi connectivity index (χ1v) is 9.93. The molecular formula is C21H25Cl2N3O. The zero-order valence-electron chi connectivity index (χ0n) is 15.8. The van der Waals surface area contributed by atoms with Crippen molar-refractivity contribution in [1.82, 2.24) is 9.80 Å². The molecule has 3 rings (SSSR count). The lowest BCUT2D eigenvalue weighted by Crippen LogP contribution is -2.44. The van der Waals surface area contributed by atoms with Crippen LogP contribution in [0, 0.1) is 0 Å². The van der Waals surface area contributed by atoms with Crippen molar-refractivity contribution in [2.75, 3.05) is 51.7 Å². The highest BCUT2D eigenvalue weighted by Gasteiger charge is 2.18. The minimum atomic E-state index is -0.0503. The van der Waals surface area contributed by atoms with E-state index in [-0.39, 0.29) is 5.91 Å². The highest BCUT2D eigenvalue weighted by Crippen LogP contribution is 2.24. The number of carbonyl (C=O) groups is 1. The van der Waals surface area contributed by atoms with Crippen LogP contribution >= 0.6 is 23.2 Å². The molecule has 0 saturated carbocycles. The second-order valence-electron chi connectivity index (χ2n) is 7.02. The Morgan fingerprint density at radius 3 is 2.44 bits per heavy atom. The lowest BCUT2D eigenvalue weighted by atomic mass is 10.1. The van der Waals surface area contributed by atoms with E-state index in [0.717, 1.165) is 32.6 Å². The molecule has 27 heavy (non-hydrogen) atoms. The molecule has 0 N–H and O–H groups in total. The smallest absolute Gasteiger partial charge is 0.253 e. The zero-order valence-corrected chi connectivity index (χ0v) is 17.3. The van der Waals surface area contributed by atoms with Gasteiger partial charge in [0.2, 0.25) is 0 Å². The SMILES string of the molecule is CN1CCN(c2ccccc2CCN(C)C(=O)c2ccc(Cl)c(Cl)c2)CC1. The van der Waals surface area contributed by atoms with Crippen LogP contribution in [0.25, 0.3) is 0 Å². The van der Waals surface area contributed by atoms with Gasteiger partial charge in [-0.3, -0.25) is 4.79 Å². The molecule has 144 valence electrons. The number of piperazine rings is 1. The van der Waals surface area contributed by atoms with E-state index in [1.54, 1.807) is 23.1 Å². The first-order chi connectivity index (χ1) is 13.0. The van der Waals surface area contributed by atoms with Crippen LogP contribution in [0.3, 0.4) is 0 Å². The zero-order chi connectivity index (χ0) is 19.4. The van der Waals surface area contributed by atoms with Gasteiger partial charge < -0.3 is 14.7 Å².